The molecular weight excluding hydrogens is 270 g/mol. The van der Waals surface area contributed by atoms with E-state index >= 15 is 0 Å². The lowest BCUT2D eigenvalue weighted by Crippen LogP contribution is -2.13. The van der Waals surface area contributed by atoms with Gasteiger partial charge in [-0.25, -0.2) is 4.98 Å². The number of carbonyl (C=O) groups excluding carboxylic acids is 1. The van der Waals surface area contributed by atoms with Crippen molar-refractivity contribution in [3.63, 3.8) is 0 Å². The lowest BCUT2D eigenvalue weighted by Gasteiger charge is -2.13. The first-order chi connectivity index (χ1) is 9.72. The predicted molar refractivity (Wildman–Crippen MR) is 81.9 cm³/mol. The van der Waals surface area contributed by atoms with Crippen LogP contribution in [0.25, 0.3) is 0 Å². The Hall–Kier alpha value is -1.88. The average Bonchev–Trinajstić information content (AvgIpc) is 3.16. The Morgan fingerprint density at radius 3 is 2.60 bits per heavy atom. The van der Waals surface area contributed by atoms with Crippen LogP contribution < -0.4 is 10.6 Å². The van der Waals surface area contributed by atoms with Gasteiger partial charge in [0, 0.05) is 28.9 Å². The molecule has 0 radical (unpaired) electrons. The molecule has 1 heterocycles. The van der Waals surface area contributed by atoms with E-state index in [2.05, 4.69) is 22.5 Å². The zero-order valence-electron chi connectivity index (χ0n) is 11.3. The lowest BCUT2D eigenvalue weighted by atomic mass is 10.2. The molecule has 1 aliphatic rings. The van der Waals surface area contributed by atoms with E-state index in [9.17, 15) is 4.79 Å². The Bertz CT molecular complexity index is 576. The first kappa shape index (κ1) is 13.1. The minimum atomic E-state index is 0.141. The molecule has 1 saturated carbocycles. The Balaban J connectivity index is 1.59. The predicted octanol–water partition coefficient (Wildman–Crippen LogP) is 3.66. The molecule has 1 fully saturated rings. The second-order valence-corrected chi connectivity index (χ2v) is 6.00. The topological polar surface area (TPSA) is 54.0 Å². The third kappa shape index (κ3) is 3.17. The highest BCUT2D eigenvalue weighted by atomic mass is 32.1. The number of rotatable bonds is 5. The van der Waals surface area contributed by atoms with Gasteiger partial charge in [0.15, 0.2) is 0 Å². The van der Waals surface area contributed by atoms with Crippen LogP contribution in [0.4, 0.5) is 11.4 Å². The maximum atomic E-state index is 11.7. The molecule has 1 aromatic heterocycles. The Morgan fingerprint density at radius 1 is 1.30 bits per heavy atom. The van der Waals surface area contributed by atoms with Gasteiger partial charge in [-0.05, 0) is 44.0 Å². The van der Waals surface area contributed by atoms with Gasteiger partial charge in [0.25, 0.3) is 0 Å². The first-order valence-electron chi connectivity index (χ1n) is 6.79. The summed E-state index contributed by atoms with van der Waals surface area (Å²) in [4.78, 5) is 16.0. The molecule has 2 aromatic rings. The molecule has 104 valence electrons. The fraction of sp³-hybridized carbons (Fsp3) is 0.333. The van der Waals surface area contributed by atoms with Crippen LogP contribution in [0.3, 0.4) is 0 Å². The molecule has 0 bridgehead atoms. The standard InChI is InChI=1S/C15H17N3OS/c1-10(15-16-8-9-20-15)17-12-4-6-13(7-5-12)18-14(19)11-2-3-11/h4-11,17H,2-3H2,1H3,(H,18,19). The third-order valence-electron chi connectivity index (χ3n) is 3.31. The van der Waals surface area contributed by atoms with E-state index in [1.165, 1.54) is 0 Å². The molecule has 1 atom stereocenters. The van der Waals surface area contributed by atoms with Crippen molar-refractivity contribution in [1.82, 2.24) is 4.98 Å². The highest BCUT2D eigenvalue weighted by Crippen LogP contribution is 2.30. The van der Waals surface area contributed by atoms with E-state index in [1.54, 1.807) is 11.3 Å². The minimum absolute atomic E-state index is 0.141. The first-order valence-corrected chi connectivity index (χ1v) is 7.67. The van der Waals surface area contributed by atoms with Crippen molar-refractivity contribution < 1.29 is 4.79 Å². The van der Waals surface area contributed by atoms with Gasteiger partial charge in [-0.15, -0.1) is 11.3 Å². The summed E-state index contributed by atoms with van der Waals surface area (Å²) in [5, 5.41) is 9.37. The molecule has 3 rings (SSSR count). The lowest BCUT2D eigenvalue weighted by molar-refractivity contribution is -0.117. The van der Waals surface area contributed by atoms with Crippen LogP contribution in [-0.4, -0.2) is 10.9 Å². The van der Waals surface area contributed by atoms with Crippen LogP contribution in [-0.2, 0) is 4.79 Å². The molecular formula is C15H17N3OS. The normalized spacial score (nSPS) is 15.7. The summed E-state index contributed by atoms with van der Waals surface area (Å²) in [6.45, 7) is 2.08. The second-order valence-electron chi connectivity index (χ2n) is 5.08. The van der Waals surface area contributed by atoms with Crippen molar-refractivity contribution in [3.05, 3.63) is 40.8 Å². The van der Waals surface area contributed by atoms with Crippen molar-refractivity contribution in [2.24, 2.45) is 5.92 Å². The second kappa shape index (κ2) is 5.63. The number of hydrogen-bond acceptors (Lipinski definition) is 4. The SMILES string of the molecule is CC(Nc1ccc(NC(=O)C2CC2)cc1)c1nccs1. The number of thiazole rings is 1. The molecule has 0 spiro atoms. The van der Waals surface area contributed by atoms with Gasteiger partial charge in [-0.3, -0.25) is 4.79 Å². The van der Waals surface area contributed by atoms with Gasteiger partial charge in [-0.1, -0.05) is 0 Å². The van der Waals surface area contributed by atoms with Crippen LogP contribution in [0.15, 0.2) is 35.8 Å². The zero-order chi connectivity index (χ0) is 13.9. The fourth-order valence-corrected chi connectivity index (χ4v) is 2.65. The Morgan fingerprint density at radius 2 is 2.00 bits per heavy atom. The minimum Gasteiger partial charge on any atom is -0.376 e. The third-order valence-corrected chi connectivity index (χ3v) is 4.26. The number of benzene rings is 1. The maximum Gasteiger partial charge on any atom is 0.227 e. The van der Waals surface area contributed by atoms with Crippen molar-refractivity contribution >= 4 is 28.6 Å². The maximum absolute atomic E-state index is 11.7. The molecule has 1 amide bonds. The number of hydrogen-bond donors (Lipinski definition) is 2. The van der Waals surface area contributed by atoms with Crippen LogP contribution in [0, 0.1) is 5.92 Å². The van der Waals surface area contributed by atoms with Gasteiger partial charge >= 0.3 is 0 Å². The highest BCUT2D eigenvalue weighted by Gasteiger charge is 2.29. The van der Waals surface area contributed by atoms with Crippen LogP contribution in [0.2, 0.25) is 0 Å². The molecule has 20 heavy (non-hydrogen) atoms. The summed E-state index contributed by atoms with van der Waals surface area (Å²) in [5.41, 5.74) is 1.88. The van der Waals surface area contributed by atoms with Crippen molar-refractivity contribution in [3.8, 4) is 0 Å². The largest absolute Gasteiger partial charge is 0.376 e. The summed E-state index contributed by atoms with van der Waals surface area (Å²) < 4.78 is 0. The summed E-state index contributed by atoms with van der Waals surface area (Å²) in [6, 6.07) is 8.00. The van der Waals surface area contributed by atoms with Crippen LogP contribution in [0.1, 0.15) is 30.8 Å². The molecule has 0 aliphatic heterocycles. The molecule has 5 heteroatoms. The molecule has 4 nitrogen and oxygen atoms in total. The number of anilines is 2. The van der Waals surface area contributed by atoms with Crippen LogP contribution >= 0.6 is 11.3 Å². The van der Waals surface area contributed by atoms with Gasteiger partial charge in [-0.2, -0.15) is 0 Å². The Labute approximate surface area is 122 Å². The zero-order valence-corrected chi connectivity index (χ0v) is 12.1. The summed E-state index contributed by atoms with van der Waals surface area (Å²) in [6.07, 6.45) is 3.86. The molecule has 1 unspecified atom stereocenters. The van der Waals surface area contributed by atoms with Crippen molar-refractivity contribution in [1.29, 1.82) is 0 Å². The van der Waals surface area contributed by atoms with Gasteiger partial charge < -0.3 is 10.6 Å². The van der Waals surface area contributed by atoms with Crippen molar-refractivity contribution in [2.45, 2.75) is 25.8 Å². The van der Waals surface area contributed by atoms with Crippen molar-refractivity contribution in [2.75, 3.05) is 10.6 Å². The average molecular weight is 287 g/mol. The summed E-state index contributed by atoms with van der Waals surface area (Å²) in [5.74, 6) is 0.375. The fourth-order valence-electron chi connectivity index (χ4n) is 2.00. The smallest absolute Gasteiger partial charge is 0.227 e. The number of aromatic nitrogens is 1. The number of carbonyl (C=O) groups is 1. The molecule has 0 saturated heterocycles. The summed E-state index contributed by atoms with van der Waals surface area (Å²) in [7, 11) is 0. The van der Waals surface area contributed by atoms with E-state index in [0.29, 0.717) is 0 Å². The van der Waals surface area contributed by atoms with Gasteiger partial charge in [0.05, 0.1) is 6.04 Å². The van der Waals surface area contributed by atoms with Gasteiger partial charge in [0.2, 0.25) is 5.91 Å². The number of nitrogens with zero attached hydrogens (tertiary/aromatic N) is 1. The molecule has 1 aromatic carbocycles. The number of nitrogens with one attached hydrogen (secondary N) is 2. The quantitative estimate of drug-likeness (QED) is 0.882. The monoisotopic (exact) mass is 287 g/mol. The van der Waals surface area contributed by atoms with Crippen LogP contribution in [0.5, 0.6) is 0 Å². The van der Waals surface area contributed by atoms with E-state index in [1.807, 2.05) is 35.8 Å². The van der Waals surface area contributed by atoms with E-state index in [4.69, 9.17) is 0 Å². The summed E-state index contributed by atoms with van der Waals surface area (Å²) >= 11 is 1.64. The highest BCUT2D eigenvalue weighted by molar-refractivity contribution is 7.09. The van der Waals surface area contributed by atoms with E-state index < -0.39 is 0 Å². The van der Waals surface area contributed by atoms with E-state index in [0.717, 1.165) is 29.2 Å². The molecule has 1 aliphatic carbocycles. The Kier molecular flexibility index (Phi) is 3.69. The van der Waals surface area contributed by atoms with Gasteiger partial charge in [0.1, 0.15) is 5.01 Å². The molecule has 2 N–H and O–H groups in total. The number of amides is 1. The van der Waals surface area contributed by atoms with E-state index in [-0.39, 0.29) is 17.9 Å².